The number of aromatic amines is 1. The number of urea groups is 1. The summed E-state index contributed by atoms with van der Waals surface area (Å²) < 4.78 is 24.6. The van der Waals surface area contributed by atoms with Crippen LogP contribution in [0.15, 0.2) is 54.7 Å². The fourth-order valence-corrected chi connectivity index (χ4v) is 5.31. The van der Waals surface area contributed by atoms with Crippen LogP contribution in [0.3, 0.4) is 0 Å². The van der Waals surface area contributed by atoms with Crippen LogP contribution in [0.2, 0.25) is 0 Å². The summed E-state index contributed by atoms with van der Waals surface area (Å²) in [6.07, 6.45) is 1.32. The van der Waals surface area contributed by atoms with Crippen molar-refractivity contribution in [3.63, 3.8) is 0 Å². The Labute approximate surface area is 233 Å². The summed E-state index contributed by atoms with van der Waals surface area (Å²) in [5, 5.41) is 4.04. The van der Waals surface area contributed by atoms with Gasteiger partial charge in [-0.2, -0.15) is 0 Å². The van der Waals surface area contributed by atoms with Gasteiger partial charge in [0, 0.05) is 61.9 Å². The standard InChI is InChI=1S/C29H37FN6O4/c1-19(24-15-32-25-6-4-3-5-23(24)25)27(28(37)34(2)16-26-39-17-21(31)18-40-26)33-29(38)36-13-11-35(12-14-36)22-9-7-20(30)8-10-22/h3-10,15,19,21,26-27,32H,11-14,16-18,31H2,1-2H3,(H,33,38)/t19-,21?,26?,27+/m0/s1. The number of carbonyl (C=O) groups excluding carboxylic acids is 2. The van der Waals surface area contributed by atoms with Gasteiger partial charge in [-0.3, -0.25) is 4.79 Å². The van der Waals surface area contributed by atoms with Crippen LogP contribution in [0, 0.1) is 5.82 Å². The topological polar surface area (TPSA) is 116 Å². The molecule has 3 heterocycles. The zero-order chi connectivity index (χ0) is 28.2. The molecule has 4 N–H and O–H groups in total. The van der Waals surface area contributed by atoms with Crippen molar-refractivity contribution in [2.45, 2.75) is 31.2 Å². The van der Waals surface area contributed by atoms with E-state index in [4.69, 9.17) is 15.2 Å². The number of rotatable bonds is 7. The number of hydrogen-bond acceptors (Lipinski definition) is 6. The molecular weight excluding hydrogens is 515 g/mol. The van der Waals surface area contributed by atoms with E-state index in [1.54, 1.807) is 29.0 Å². The molecule has 10 nitrogen and oxygen atoms in total. The van der Waals surface area contributed by atoms with Crippen molar-refractivity contribution in [1.82, 2.24) is 20.1 Å². The molecule has 0 spiro atoms. The SMILES string of the molecule is C[C@@H](c1c[nH]c2ccccc12)[C@@H](NC(=O)N1CCN(c2ccc(F)cc2)CC1)C(=O)N(C)CC1OCC(N)CO1. The zero-order valence-corrected chi connectivity index (χ0v) is 22.9. The van der Waals surface area contributed by atoms with Crippen molar-refractivity contribution in [1.29, 1.82) is 0 Å². The number of nitrogens with one attached hydrogen (secondary N) is 2. The second kappa shape index (κ2) is 12.2. The number of likely N-dealkylation sites (N-methyl/N-ethyl adjacent to an activating group) is 1. The van der Waals surface area contributed by atoms with Crippen LogP contribution < -0.4 is 16.0 Å². The van der Waals surface area contributed by atoms with Gasteiger partial charge in [-0.15, -0.1) is 0 Å². The fraction of sp³-hybridized carbons (Fsp3) is 0.448. The highest BCUT2D eigenvalue weighted by Gasteiger charge is 2.35. The molecule has 5 rings (SSSR count). The van der Waals surface area contributed by atoms with Gasteiger partial charge in [0.1, 0.15) is 11.9 Å². The normalized spacial score (nSPS) is 21.2. The predicted octanol–water partition coefficient (Wildman–Crippen LogP) is 2.47. The van der Waals surface area contributed by atoms with Gasteiger partial charge >= 0.3 is 6.03 Å². The number of benzene rings is 2. The number of halogens is 1. The van der Waals surface area contributed by atoms with E-state index in [-0.39, 0.29) is 36.3 Å². The number of carbonyl (C=O) groups is 2. The van der Waals surface area contributed by atoms with E-state index in [1.165, 1.54) is 12.1 Å². The molecule has 1 aromatic heterocycles. The van der Waals surface area contributed by atoms with Gasteiger partial charge in [0.25, 0.3) is 0 Å². The minimum atomic E-state index is -0.822. The predicted molar refractivity (Wildman–Crippen MR) is 151 cm³/mol. The van der Waals surface area contributed by atoms with Crippen LogP contribution in [0.25, 0.3) is 10.9 Å². The third-order valence-corrected chi connectivity index (χ3v) is 7.71. The van der Waals surface area contributed by atoms with Gasteiger partial charge < -0.3 is 40.2 Å². The number of piperazine rings is 1. The molecule has 0 bridgehead atoms. The molecule has 3 amide bonds. The number of amides is 3. The summed E-state index contributed by atoms with van der Waals surface area (Å²) in [6.45, 7) is 5.06. The molecule has 0 unspecified atom stereocenters. The minimum Gasteiger partial charge on any atom is -0.368 e. The van der Waals surface area contributed by atoms with E-state index in [0.717, 1.165) is 22.2 Å². The molecule has 2 atom stereocenters. The molecule has 2 saturated heterocycles. The minimum absolute atomic E-state index is 0.185. The Hall–Kier alpha value is -3.67. The van der Waals surface area contributed by atoms with E-state index in [2.05, 4.69) is 15.2 Å². The smallest absolute Gasteiger partial charge is 0.318 e. The molecule has 2 aliphatic rings. The molecule has 40 heavy (non-hydrogen) atoms. The molecule has 0 saturated carbocycles. The van der Waals surface area contributed by atoms with Gasteiger partial charge in [0.15, 0.2) is 6.29 Å². The molecular formula is C29H37FN6O4. The van der Waals surface area contributed by atoms with Crippen molar-refractivity contribution in [2.24, 2.45) is 5.73 Å². The van der Waals surface area contributed by atoms with E-state index >= 15 is 0 Å². The monoisotopic (exact) mass is 552 g/mol. The zero-order valence-electron chi connectivity index (χ0n) is 22.9. The van der Waals surface area contributed by atoms with Gasteiger partial charge in [0.05, 0.1) is 25.8 Å². The second-order valence-electron chi connectivity index (χ2n) is 10.5. The average Bonchev–Trinajstić information content (AvgIpc) is 3.41. The van der Waals surface area contributed by atoms with E-state index < -0.39 is 12.3 Å². The highest BCUT2D eigenvalue weighted by atomic mass is 19.1. The number of ether oxygens (including phenoxy) is 2. The van der Waals surface area contributed by atoms with Crippen LogP contribution in [0.1, 0.15) is 18.4 Å². The maximum atomic E-state index is 13.8. The van der Waals surface area contributed by atoms with E-state index in [1.807, 2.05) is 37.4 Å². The summed E-state index contributed by atoms with van der Waals surface area (Å²) in [4.78, 5) is 36.0. The first-order valence-corrected chi connectivity index (χ1v) is 13.7. The van der Waals surface area contributed by atoms with Crippen molar-refractivity contribution in [3.05, 3.63) is 66.1 Å². The van der Waals surface area contributed by atoms with Gasteiger partial charge in [-0.05, 0) is 35.9 Å². The highest BCUT2D eigenvalue weighted by molar-refractivity contribution is 5.90. The quantitative estimate of drug-likeness (QED) is 0.415. The lowest BCUT2D eigenvalue weighted by molar-refractivity contribution is -0.193. The average molecular weight is 553 g/mol. The number of hydrogen-bond donors (Lipinski definition) is 3. The van der Waals surface area contributed by atoms with Crippen molar-refractivity contribution in [3.8, 4) is 0 Å². The molecule has 0 aliphatic carbocycles. The van der Waals surface area contributed by atoms with E-state index in [0.29, 0.717) is 39.4 Å². The summed E-state index contributed by atoms with van der Waals surface area (Å²) in [7, 11) is 1.69. The van der Waals surface area contributed by atoms with Crippen molar-refractivity contribution < 1.29 is 23.5 Å². The summed E-state index contributed by atoms with van der Waals surface area (Å²) in [5.74, 6) is -0.840. The molecule has 214 valence electrons. The van der Waals surface area contributed by atoms with Crippen LogP contribution in [0.5, 0.6) is 0 Å². The Morgan fingerprint density at radius 3 is 2.48 bits per heavy atom. The first-order valence-electron chi connectivity index (χ1n) is 13.7. The van der Waals surface area contributed by atoms with Gasteiger partial charge in [-0.25, -0.2) is 9.18 Å². The fourth-order valence-electron chi connectivity index (χ4n) is 5.31. The number of fused-ring (bicyclic) bond motifs is 1. The molecule has 11 heteroatoms. The number of aromatic nitrogens is 1. The first-order chi connectivity index (χ1) is 19.3. The maximum absolute atomic E-state index is 13.8. The maximum Gasteiger partial charge on any atom is 0.318 e. The number of nitrogens with zero attached hydrogens (tertiary/aromatic N) is 3. The third kappa shape index (κ3) is 6.22. The Morgan fingerprint density at radius 1 is 1.10 bits per heavy atom. The van der Waals surface area contributed by atoms with Gasteiger partial charge in [-0.1, -0.05) is 25.1 Å². The van der Waals surface area contributed by atoms with Crippen LogP contribution in [-0.2, 0) is 14.3 Å². The second-order valence-corrected chi connectivity index (χ2v) is 10.5. The number of anilines is 1. The Balaban J connectivity index is 1.29. The molecule has 2 aromatic carbocycles. The Morgan fingerprint density at radius 2 is 1.77 bits per heavy atom. The number of para-hydroxylation sites is 1. The largest absolute Gasteiger partial charge is 0.368 e. The summed E-state index contributed by atoms with van der Waals surface area (Å²) in [6, 6.07) is 12.9. The summed E-state index contributed by atoms with van der Waals surface area (Å²) in [5.41, 5.74) is 8.67. The van der Waals surface area contributed by atoms with E-state index in [9.17, 15) is 14.0 Å². The van der Waals surface area contributed by atoms with Crippen LogP contribution >= 0.6 is 0 Å². The lowest BCUT2D eigenvalue weighted by Crippen LogP contribution is -2.58. The van der Waals surface area contributed by atoms with Crippen molar-refractivity contribution in [2.75, 3.05) is 57.9 Å². The lowest BCUT2D eigenvalue weighted by atomic mass is 9.92. The van der Waals surface area contributed by atoms with Gasteiger partial charge in [0.2, 0.25) is 5.91 Å². The van der Waals surface area contributed by atoms with Crippen molar-refractivity contribution >= 4 is 28.5 Å². The van der Waals surface area contributed by atoms with Crippen LogP contribution in [-0.4, -0.2) is 98.1 Å². The lowest BCUT2D eigenvalue weighted by Gasteiger charge is -2.38. The molecule has 0 radical (unpaired) electrons. The molecule has 2 aliphatic heterocycles. The third-order valence-electron chi connectivity index (χ3n) is 7.71. The highest BCUT2D eigenvalue weighted by Crippen LogP contribution is 2.29. The molecule has 2 fully saturated rings. The number of nitrogens with two attached hydrogens (primary N) is 1. The Bertz CT molecular complexity index is 1300. The first kappa shape index (κ1) is 27.9. The molecule has 3 aromatic rings. The summed E-state index contributed by atoms with van der Waals surface area (Å²) >= 11 is 0. The Kier molecular flexibility index (Phi) is 8.53. The number of H-pyrrole nitrogens is 1. The van der Waals surface area contributed by atoms with Crippen LogP contribution in [0.4, 0.5) is 14.9 Å².